The highest BCUT2D eigenvalue weighted by molar-refractivity contribution is 6.05. The third-order valence-electron chi connectivity index (χ3n) is 4.22. The van der Waals surface area contributed by atoms with Crippen molar-refractivity contribution in [3.8, 4) is 0 Å². The molecule has 1 fully saturated rings. The van der Waals surface area contributed by atoms with Gasteiger partial charge in [0.2, 0.25) is 5.91 Å². The minimum Gasteiger partial charge on any atom is -0.478 e. The molecule has 2 N–H and O–H groups in total. The van der Waals surface area contributed by atoms with Crippen molar-refractivity contribution in [2.45, 2.75) is 32.6 Å². The quantitative estimate of drug-likeness (QED) is 0.880. The Balaban J connectivity index is 2.01. The number of aromatic carboxylic acids is 1. The summed E-state index contributed by atoms with van der Waals surface area (Å²) in [6.45, 7) is 3.75. The van der Waals surface area contributed by atoms with E-state index in [1.165, 1.54) is 0 Å². The number of aromatic nitrogens is 1. The van der Waals surface area contributed by atoms with E-state index in [4.69, 9.17) is 0 Å². The summed E-state index contributed by atoms with van der Waals surface area (Å²) in [4.78, 5) is 30.2. The van der Waals surface area contributed by atoms with Gasteiger partial charge in [-0.2, -0.15) is 0 Å². The van der Waals surface area contributed by atoms with Gasteiger partial charge in [0, 0.05) is 30.6 Å². The first-order valence-corrected chi connectivity index (χ1v) is 8.31. The van der Waals surface area contributed by atoms with Crippen LogP contribution in [0.2, 0.25) is 0 Å². The Hall–Kier alpha value is -2.63. The number of pyridine rings is 1. The minimum absolute atomic E-state index is 0.0737. The number of nitrogens with zero attached hydrogens (tertiary/aromatic N) is 2. The highest BCUT2D eigenvalue weighted by Crippen LogP contribution is 2.27. The molecule has 2 heterocycles. The first kappa shape index (κ1) is 16.2. The van der Waals surface area contributed by atoms with Crippen molar-refractivity contribution in [1.29, 1.82) is 0 Å². The van der Waals surface area contributed by atoms with E-state index in [1.54, 1.807) is 24.3 Å². The summed E-state index contributed by atoms with van der Waals surface area (Å²) in [7, 11) is 0. The smallest absolute Gasteiger partial charge is 0.336 e. The molecule has 1 aliphatic heterocycles. The van der Waals surface area contributed by atoms with Crippen LogP contribution in [-0.2, 0) is 4.79 Å². The standard InChI is InChI=1S/C18H21N3O3/c1-2-5-17(22)19-12-6-7-15-13(10-12)14(18(23)24)11-16(20-15)21-8-3-4-9-21/h6-7,10-11H,2-5,8-9H2,1H3,(H,19,22)(H,23,24). The van der Waals surface area contributed by atoms with Crippen LogP contribution in [0.15, 0.2) is 24.3 Å². The summed E-state index contributed by atoms with van der Waals surface area (Å²) in [5.74, 6) is -0.351. The highest BCUT2D eigenvalue weighted by Gasteiger charge is 2.18. The molecule has 1 amide bonds. The van der Waals surface area contributed by atoms with Crippen LogP contribution in [-0.4, -0.2) is 35.1 Å². The lowest BCUT2D eigenvalue weighted by Crippen LogP contribution is -2.19. The van der Waals surface area contributed by atoms with E-state index in [9.17, 15) is 14.7 Å². The van der Waals surface area contributed by atoms with Gasteiger partial charge in [0.15, 0.2) is 0 Å². The molecule has 1 aliphatic rings. The largest absolute Gasteiger partial charge is 0.478 e. The number of carbonyl (C=O) groups excluding carboxylic acids is 1. The molecular weight excluding hydrogens is 306 g/mol. The number of benzene rings is 1. The van der Waals surface area contributed by atoms with Crippen molar-refractivity contribution in [3.05, 3.63) is 29.8 Å². The fraction of sp³-hybridized carbons (Fsp3) is 0.389. The van der Waals surface area contributed by atoms with Crippen LogP contribution in [0.3, 0.4) is 0 Å². The molecule has 24 heavy (non-hydrogen) atoms. The van der Waals surface area contributed by atoms with Crippen molar-refractivity contribution >= 4 is 34.3 Å². The van der Waals surface area contributed by atoms with Gasteiger partial charge >= 0.3 is 5.97 Å². The summed E-state index contributed by atoms with van der Waals surface area (Å²) >= 11 is 0. The molecule has 0 saturated carbocycles. The van der Waals surface area contributed by atoms with Gasteiger partial charge in [0.25, 0.3) is 0 Å². The Morgan fingerprint density at radius 2 is 2.00 bits per heavy atom. The molecule has 0 bridgehead atoms. The van der Waals surface area contributed by atoms with Crippen molar-refractivity contribution < 1.29 is 14.7 Å². The number of carboxylic acids is 1. The number of carboxylic acid groups (broad SMARTS) is 1. The fourth-order valence-electron chi connectivity index (χ4n) is 3.03. The van der Waals surface area contributed by atoms with Gasteiger partial charge in [-0.1, -0.05) is 6.92 Å². The molecule has 1 saturated heterocycles. The first-order chi connectivity index (χ1) is 11.6. The lowest BCUT2D eigenvalue weighted by atomic mass is 10.1. The van der Waals surface area contributed by atoms with Crippen molar-refractivity contribution in [1.82, 2.24) is 4.98 Å². The molecule has 6 heteroatoms. The van der Waals surface area contributed by atoms with Gasteiger partial charge in [0.05, 0.1) is 11.1 Å². The normalized spacial score (nSPS) is 14.1. The van der Waals surface area contributed by atoms with Crippen LogP contribution in [0.4, 0.5) is 11.5 Å². The Labute approximate surface area is 140 Å². The van der Waals surface area contributed by atoms with E-state index in [-0.39, 0.29) is 11.5 Å². The van der Waals surface area contributed by atoms with Gasteiger partial charge < -0.3 is 15.3 Å². The monoisotopic (exact) mass is 327 g/mol. The highest BCUT2D eigenvalue weighted by atomic mass is 16.4. The zero-order chi connectivity index (χ0) is 17.1. The topological polar surface area (TPSA) is 82.5 Å². The Morgan fingerprint density at radius 1 is 1.25 bits per heavy atom. The number of carbonyl (C=O) groups is 2. The van der Waals surface area contributed by atoms with Crippen molar-refractivity contribution in [3.63, 3.8) is 0 Å². The SMILES string of the molecule is CCCC(=O)Nc1ccc2nc(N3CCCC3)cc(C(=O)O)c2c1. The Bertz CT molecular complexity index is 782. The van der Waals surface area contributed by atoms with Crippen LogP contribution in [0, 0.1) is 0 Å². The summed E-state index contributed by atoms with van der Waals surface area (Å²) in [6, 6.07) is 6.85. The predicted molar refractivity (Wildman–Crippen MR) is 93.7 cm³/mol. The van der Waals surface area contributed by atoms with Gasteiger partial charge in [0.1, 0.15) is 5.82 Å². The summed E-state index contributed by atoms with van der Waals surface area (Å²) in [6.07, 6.45) is 3.41. The number of nitrogens with one attached hydrogen (secondary N) is 1. The van der Waals surface area contributed by atoms with E-state index in [2.05, 4.69) is 15.2 Å². The first-order valence-electron chi connectivity index (χ1n) is 8.31. The van der Waals surface area contributed by atoms with Gasteiger partial charge in [-0.15, -0.1) is 0 Å². The lowest BCUT2D eigenvalue weighted by Gasteiger charge is -2.18. The van der Waals surface area contributed by atoms with Crippen LogP contribution < -0.4 is 10.2 Å². The number of hydrogen-bond acceptors (Lipinski definition) is 4. The van der Waals surface area contributed by atoms with E-state index in [0.29, 0.717) is 28.8 Å². The molecule has 6 nitrogen and oxygen atoms in total. The zero-order valence-corrected chi connectivity index (χ0v) is 13.7. The number of anilines is 2. The van der Waals surface area contributed by atoms with Crippen LogP contribution in [0.5, 0.6) is 0 Å². The van der Waals surface area contributed by atoms with Gasteiger partial charge in [-0.25, -0.2) is 9.78 Å². The third-order valence-corrected chi connectivity index (χ3v) is 4.22. The molecule has 1 aromatic carbocycles. The number of rotatable bonds is 5. The van der Waals surface area contributed by atoms with Crippen molar-refractivity contribution in [2.24, 2.45) is 0 Å². The van der Waals surface area contributed by atoms with Gasteiger partial charge in [-0.05, 0) is 43.5 Å². The predicted octanol–water partition coefficient (Wildman–Crippen LogP) is 3.27. The van der Waals surface area contributed by atoms with Crippen molar-refractivity contribution in [2.75, 3.05) is 23.3 Å². The molecule has 0 unspecified atom stereocenters. The summed E-state index contributed by atoms with van der Waals surface area (Å²) in [5, 5.41) is 12.9. The molecule has 0 atom stereocenters. The maximum Gasteiger partial charge on any atom is 0.336 e. The summed E-state index contributed by atoms with van der Waals surface area (Å²) < 4.78 is 0. The summed E-state index contributed by atoms with van der Waals surface area (Å²) in [5.41, 5.74) is 1.44. The van der Waals surface area contributed by atoms with E-state index in [0.717, 1.165) is 32.4 Å². The lowest BCUT2D eigenvalue weighted by molar-refractivity contribution is -0.116. The maximum absolute atomic E-state index is 11.7. The average Bonchev–Trinajstić information content (AvgIpc) is 3.08. The second-order valence-corrected chi connectivity index (χ2v) is 6.06. The molecule has 0 aliphatic carbocycles. The van der Waals surface area contributed by atoms with Crippen LogP contribution in [0.25, 0.3) is 10.9 Å². The number of hydrogen-bond donors (Lipinski definition) is 2. The fourth-order valence-corrected chi connectivity index (χ4v) is 3.03. The Morgan fingerprint density at radius 3 is 2.67 bits per heavy atom. The third kappa shape index (κ3) is 3.32. The molecule has 2 aromatic rings. The van der Waals surface area contributed by atoms with Gasteiger partial charge in [-0.3, -0.25) is 4.79 Å². The van der Waals surface area contributed by atoms with E-state index in [1.807, 2.05) is 6.92 Å². The Kier molecular flexibility index (Phi) is 4.64. The second-order valence-electron chi connectivity index (χ2n) is 6.06. The molecule has 1 aromatic heterocycles. The molecule has 126 valence electrons. The number of fused-ring (bicyclic) bond motifs is 1. The zero-order valence-electron chi connectivity index (χ0n) is 13.7. The van der Waals surface area contributed by atoms with Crippen LogP contribution >= 0.6 is 0 Å². The van der Waals surface area contributed by atoms with E-state index < -0.39 is 5.97 Å². The molecular formula is C18H21N3O3. The maximum atomic E-state index is 11.7. The molecule has 3 rings (SSSR count). The second kappa shape index (κ2) is 6.86. The van der Waals surface area contributed by atoms with E-state index >= 15 is 0 Å². The molecule has 0 radical (unpaired) electrons. The average molecular weight is 327 g/mol. The molecule has 0 spiro atoms. The minimum atomic E-state index is -0.986. The van der Waals surface area contributed by atoms with Crippen LogP contribution in [0.1, 0.15) is 43.0 Å². The number of amides is 1.